The summed E-state index contributed by atoms with van der Waals surface area (Å²) in [6.45, 7) is 1.15. The number of ether oxygens (including phenoxy) is 2. The number of fused-ring (bicyclic) bond motifs is 1. The molecule has 4 N–H and O–H groups in total. The fraction of sp³-hybridized carbons (Fsp3) is 0.278. The second-order valence-corrected chi connectivity index (χ2v) is 6.75. The highest BCUT2D eigenvalue weighted by Gasteiger charge is 2.15. The number of hydrogen-bond acceptors (Lipinski definition) is 6. The van der Waals surface area contributed by atoms with Crippen LogP contribution in [-0.4, -0.2) is 30.9 Å². The number of primary amides is 1. The van der Waals surface area contributed by atoms with E-state index in [4.69, 9.17) is 15.2 Å². The first-order chi connectivity index (χ1) is 13.0. The van der Waals surface area contributed by atoms with Crippen LogP contribution in [0, 0.1) is 0 Å². The molecule has 3 amide bonds. The van der Waals surface area contributed by atoms with E-state index in [0.29, 0.717) is 35.4 Å². The zero-order valence-electron chi connectivity index (χ0n) is 14.4. The third kappa shape index (κ3) is 4.98. The smallest absolute Gasteiger partial charge is 0.251 e. The molecule has 0 radical (unpaired) electrons. The Labute approximate surface area is 159 Å². The van der Waals surface area contributed by atoms with Crippen LogP contribution >= 0.6 is 11.3 Å². The van der Waals surface area contributed by atoms with Crippen LogP contribution < -0.4 is 25.8 Å². The fourth-order valence-electron chi connectivity index (χ4n) is 2.48. The summed E-state index contributed by atoms with van der Waals surface area (Å²) in [6, 6.07) is 6.70. The first-order valence-electron chi connectivity index (χ1n) is 8.39. The van der Waals surface area contributed by atoms with Gasteiger partial charge in [0, 0.05) is 31.0 Å². The second-order valence-electron chi connectivity index (χ2n) is 5.84. The molecule has 9 heteroatoms. The molecule has 1 aromatic heterocycles. The Morgan fingerprint density at radius 1 is 1.00 bits per heavy atom. The minimum Gasteiger partial charge on any atom is -0.490 e. The third-order valence-electron chi connectivity index (χ3n) is 3.79. The number of benzene rings is 1. The van der Waals surface area contributed by atoms with Gasteiger partial charge in [0.05, 0.1) is 18.8 Å². The molecule has 0 atom stereocenters. The normalized spacial score (nSPS) is 12.7. The average Bonchev–Trinajstić information content (AvgIpc) is 2.97. The van der Waals surface area contributed by atoms with E-state index in [-0.39, 0.29) is 30.2 Å². The first-order valence-corrected chi connectivity index (χ1v) is 9.27. The van der Waals surface area contributed by atoms with E-state index < -0.39 is 5.91 Å². The van der Waals surface area contributed by atoms with Gasteiger partial charge in [-0.15, -0.1) is 11.3 Å². The maximum Gasteiger partial charge on any atom is 0.251 e. The summed E-state index contributed by atoms with van der Waals surface area (Å²) in [6.07, 6.45) is 0.775. The standard InChI is InChI=1S/C18H19N3O5S/c19-17(24)12-6-9-27-18(12)21-16(23)5-4-15(22)20-11-2-3-13-14(10-11)26-8-1-7-25-13/h2-3,6,9-10H,1,4-5,7-8H2,(H2,19,24)(H,20,22)(H,21,23). The lowest BCUT2D eigenvalue weighted by molar-refractivity contribution is -0.121. The van der Waals surface area contributed by atoms with Crippen LogP contribution in [0.5, 0.6) is 11.5 Å². The Morgan fingerprint density at radius 2 is 1.70 bits per heavy atom. The van der Waals surface area contributed by atoms with Gasteiger partial charge in [0.2, 0.25) is 11.8 Å². The average molecular weight is 389 g/mol. The number of amides is 3. The number of nitrogens with one attached hydrogen (secondary N) is 2. The van der Waals surface area contributed by atoms with E-state index in [9.17, 15) is 14.4 Å². The highest BCUT2D eigenvalue weighted by molar-refractivity contribution is 7.14. The van der Waals surface area contributed by atoms with Crippen molar-refractivity contribution in [2.75, 3.05) is 23.8 Å². The molecule has 1 aliphatic heterocycles. The van der Waals surface area contributed by atoms with Gasteiger partial charge in [-0.3, -0.25) is 14.4 Å². The number of anilines is 2. The second kappa shape index (κ2) is 8.54. The molecule has 142 valence electrons. The Hall–Kier alpha value is -3.07. The molecule has 0 fully saturated rings. The van der Waals surface area contributed by atoms with Gasteiger partial charge in [0.1, 0.15) is 5.00 Å². The first kappa shape index (κ1) is 18.7. The lowest BCUT2D eigenvalue weighted by Gasteiger charge is -2.10. The predicted molar refractivity (Wildman–Crippen MR) is 101 cm³/mol. The zero-order valence-corrected chi connectivity index (χ0v) is 15.3. The highest BCUT2D eigenvalue weighted by atomic mass is 32.1. The van der Waals surface area contributed by atoms with Crippen molar-refractivity contribution < 1.29 is 23.9 Å². The maximum absolute atomic E-state index is 12.1. The van der Waals surface area contributed by atoms with Crippen LogP contribution in [0.1, 0.15) is 29.6 Å². The molecule has 1 aliphatic rings. The molecular formula is C18H19N3O5S. The van der Waals surface area contributed by atoms with Crippen molar-refractivity contribution in [2.24, 2.45) is 5.73 Å². The molecule has 1 aromatic carbocycles. The van der Waals surface area contributed by atoms with Crippen molar-refractivity contribution in [3.05, 3.63) is 35.2 Å². The number of carbonyl (C=O) groups excluding carboxylic acids is 3. The number of thiophene rings is 1. The minimum atomic E-state index is -0.612. The monoisotopic (exact) mass is 389 g/mol. The number of carbonyl (C=O) groups is 3. The van der Waals surface area contributed by atoms with Gasteiger partial charge in [-0.2, -0.15) is 0 Å². The van der Waals surface area contributed by atoms with Gasteiger partial charge < -0.3 is 25.8 Å². The van der Waals surface area contributed by atoms with Gasteiger partial charge >= 0.3 is 0 Å². The lowest BCUT2D eigenvalue weighted by Crippen LogP contribution is -2.19. The van der Waals surface area contributed by atoms with Crippen LogP contribution in [0.2, 0.25) is 0 Å². The van der Waals surface area contributed by atoms with Gasteiger partial charge in [-0.05, 0) is 23.6 Å². The van der Waals surface area contributed by atoms with Crippen molar-refractivity contribution in [1.82, 2.24) is 0 Å². The Balaban J connectivity index is 1.51. The Kier molecular flexibility index (Phi) is 5.92. The largest absolute Gasteiger partial charge is 0.490 e. The van der Waals surface area contributed by atoms with E-state index in [1.807, 2.05) is 0 Å². The van der Waals surface area contributed by atoms with Gasteiger partial charge in [0.15, 0.2) is 11.5 Å². The van der Waals surface area contributed by atoms with E-state index >= 15 is 0 Å². The maximum atomic E-state index is 12.1. The quantitative estimate of drug-likeness (QED) is 0.701. The zero-order chi connectivity index (χ0) is 19.2. The Morgan fingerprint density at radius 3 is 2.44 bits per heavy atom. The van der Waals surface area contributed by atoms with Crippen LogP contribution in [0.3, 0.4) is 0 Å². The van der Waals surface area contributed by atoms with E-state index in [2.05, 4.69) is 10.6 Å². The molecule has 2 aromatic rings. The van der Waals surface area contributed by atoms with Crippen molar-refractivity contribution in [1.29, 1.82) is 0 Å². The summed E-state index contributed by atoms with van der Waals surface area (Å²) >= 11 is 1.20. The van der Waals surface area contributed by atoms with Crippen LogP contribution in [0.15, 0.2) is 29.6 Å². The molecule has 0 aliphatic carbocycles. The van der Waals surface area contributed by atoms with E-state index in [0.717, 1.165) is 6.42 Å². The van der Waals surface area contributed by atoms with Gasteiger partial charge in [-0.25, -0.2) is 0 Å². The molecule has 0 unspecified atom stereocenters. The SMILES string of the molecule is NC(=O)c1ccsc1NC(=O)CCC(=O)Nc1ccc2c(c1)OCCCO2. The molecule has 2 heterocycles. The molecule has 8 nitrogen and oxygen atoms in total. The summed E-state index contributed by atoms with van der Waals surface area (Å²) in [5.74, 6) is -0.0563. The number of hydrogen-bond donors (Lipinski definition) is 3. The number of rotatable bonds is 6. The molecule has 0 saturated heterocycles. The summed E-state index contributed by atoms with van der Waals surface area (Å²) in [7, 11) is 0. The third-order valence-corrected chi connectivity index (χ3v) is 4.62. The Bertz CT molecular complexity index is 864. The van der Waals surface area contributed by atoms with Crippen molar-refractivity contribution >= 4 is 39.7 Å². The molecule has 0 bridgehead atoms. The topological polar surface area (TPSA) is 120 Å². The van der Waals surface area contributed by atoms with Crippen LogP contribution in [-0.2, 0) is 9.59 Å². The van der Waals surface area contributed by atoms with Crippen molar-refractivity contribution in [2.45, 2.75) is 19.3 Å². The van der Waals surface area contributed by atoms with Crippen molar-refractivity contribution in [3.8, 4) is 11.5 Å². The van der Waals surface area contributed by atoms with E-state index in [1.165, 1.54) is 11.3 Å². The highest BCUT2D eigenvalue weighted by Crippen LogP contribution is 2.32. The van der Waals surface area contributed by atoms with Crippen molar-refractivity contribution in [3.63, 3.8) is 0 Å². The summed E-state index contributed by atoms with van der Waals surface area (Å²) in [5, 5.41) is 7.38. The molecule has 0 saturated carbocycles. The number of nitrogens with two attached hydrogens (primary N) is 1. The molecular weight excluding hydrogens is 370 g/mol. The lowest BCUT2D eigenvalue weighted by atomic mass is 10.2. The van der Waals surface area contributed by atoms with Gasteiger partial charge in [0.25, 0.3) is 5.91 Å². The summed E-state index contributed by atoms with van der Waals surface area (Å²) in [4.78, 5) is 35.3. The molecule has 3 rings (SSSR count). The summed E-state index contributed by atoms with van der Waals surface area (Å²) in [5.41, 5.74) is 6.06. The van der Waals surface area contributed by atoms with Gasteiger partial charge in [-0.1, -0.05) is 0 Å². The fourth-order valence-corrected chi connectivity index (χ4v) is 3.29. The van der Waals surface area contributed by atoms with Crippen LogP contribution in [0.4, 0.5) is 10.7 Å². The summed E-state index contributed by atoms with van der Waals surface area (Å²) < 4.78 is 11.1. The molecule has 0 spiro atoms. The predicted octanol–water partition coefficient (Wildman–Crippen LogP) is 2.37. The van der Waals surface area contributed by atoms with E-state index in [1.54, 1.807) is 29.6 Å². The minimum absolute atomic E-state index is 0.00243. The molecule has 27 heavy (non-hydrogen) atoms. The van der Waals surface area contributed by atoms with Crippen LogP contribution in [0.25, 0.3) is 0 Å².